The minimum absolute atomic E-state index is 0.0140. The third-order valence-electron chi connectivity index (χ3n) is 4.56. The fourth-order valence-electron chi connectivity index (χ4n) is 3.13. The SMILES string of the molecule is CC(=O)Nc1ccc(S(=O)(=O)Nc2ccc3c(c2)C(=O)Nc2cc(C)ccc2O3)cc1. The molecule has 0 radical (unpaired) electrons. The number of benzene rings is 3. The first-order valence-corrected chi connectivity index (χ1v) is 10.8. The number of hydrogen-bond donors (Lipinski definition) is 3. The van der Waals surface area contributed by atoms with Crippen LogP contribution in [0.4, 0.5) is 17.1 Å². The summed E-state index contributed by atoms with van der Waals surface area (Å²) in [4.78, 5) is 23.8. The number of anilines is 3. The van der Waals surface area contributed by atoms with Gasteiger partial charge in [0.05, 0.1) is 16.1 Å². The van der Waals surface area contributed by atoms with Crippen LogP contribution in [0.3, 0.4) is 0 Å². The number of sulfonamides is 1. The zero-order valence-corrected chi connectivity index (χ0v) is 17.5. The Balaban J connectivity index is 1.59. The Bertz CT molecular complexity index is 1300. The maximum absolute atomic E-state index is 12.7. The Morgan fingerprint density at radius 1 is 0.935 bits per heavy atom. The Hall–Kier alpha value is -3.85. The van der Waals surface area contributed by atoms with E-state index in [2.05, 4.69) is 15.4 Å². The van der Waals surface area contributed by atoms with Gasteiger partial charge in [0.1, 0.15) is 5.75 Å². The second-order valence-corrected chi connectivity index (χ2v) is 8.76. The van der Waals surface area contributed by atoms with Gasteiger partial charge in [0.2, 0.25) is 5.91 Å². The third kappa shape index (κ3) is 4.36. The van der Waals surface area contributed by atoms with E-state index in [0.717, 1.165) is 5.56 Å². The number of fused-ring (bicyclic) bond motifs is 2. The van der Waals surface area contributed by atoms with Crippen LogP contribution in [0.1, 0.15) is 22.8 Å². The molecule has 8 nitrogen and oxygen atoms in total. The lowest BCUT2D eigenvalue weighted by molar-refractivity contribution is -0.114. The van der Waals surface area contributed by atoms with E-state index in [9.17, 15) is 18.0 Å². The van der Waals surface area contributed by atoms with Gasteiger partial charge in [-0.15, -0.1) is 0 Å². The maximum Gasteiger partial charge on any atom is 0.261 e. The van der Waals surface area contributed by atoms with Crippen LogP contribution >= 0.6 is 0 Å². The van der Waals surface area contributed by atoms with Crippen molar-refractivity contribution in [2.24, 2.45) is 0 Å². The highest BCUT2D eigenvalue weighted by atomic mass is 32.2. The van der Waals surface area contributed by atoms with Crippen LogP contribution in [0.2, 0.25) is 0 Å². The molecule has 0 atom stereocenters. The Morgan fingerprint density at radius 3 is 2.32 bits per heavy atom. The molecule has 0 unspecified atom stereocenters. The molecular formula is C22H19N3O5S. The van der Waals surface area contributed by atoms with Crippen molar-refractivity contribution in [1.29, 1.82) is 0 Å². The zero-order chi connectivity index (χ0) is 22.2. The molecule has 0 saturated heterocycles. The summed E-state index contributed by atoms with van der Waals surface area (Å²) in [7, 11) is -3.91. The van der Waals surface area contributed by atoms with Gasteiger partial charge in [-0.1, -0.05) is 6.07 Å². The molecule has 31 heavy (non-hydrogen) atoms. The topological polar surface area (TPSA) is 114 Å². The van der Waals surface area contributed by atoms with Crippen molar-refractivity contribution in [1.82, 2.24) is 0 Å². The van der Waals surface area contributed by atoms with Crippen LogP contribution in [0, 0.1) is 6.92 Å². The van der Waals surface area contributed by atoms with Gasteiger partial charge in [0.25, 0.3) is 15.9 Å². The highest BCUT2D eigenvalue weighted by Gasteiger charge is 2.22. The lowest BCUT2D eigenvalue weighted by Crippen LogP contribution is -2.15. The molecule has 3 N–H and O–H groups in total. The van der Waals surface area contributed by atoms with E-state index in [1.54, 1.807) is 18.2 Å². The van der Waals surface area contributed by atoms with Gasteiger partial charge < -0.3 is 15.4 Å². The quantitative estimate of drug-likeness (QED) is 0.568. The molecule has 0 saturated carbocycles. The van der Waals surface area contributed by atoms with E-state index in [-0.39, 0.29) is 22.1 Å². The molecule has 2 amide bonds. The molecule has 1 aliphatic heterocycles. The lowest BCUT2D eigenvalue weighted by Gasteiger charge is -2.12. The lowest BCUT2D eigenvalue weighted by atomic mass is 10.1. The van der Waals surface area contributed by atoms with Gasteiger partial charge >= 0.3 is 0 Å². The molecule has 0 spiro atoms. The molecule has 0 aromatic heterocycles. The Labute approximate surface area is 179 Å². The number of nitrogens with one attached hydrogen (secondary N) is 3. The Morgan fingerprint density at radius 2 is 1.61 bits per heavy atom. The predicted molar refractivity (Wildman–Crippen MR) is 117 cm³/mol. The molecule has 158 valence electrons. The van der Waals surface area contributed by atoms with E-state index in [0.29, 0.717) is 22.9 Å². The molecule has 0 aliphatic carbocycles. The van der Waals surface area contributed by atoms with Gasteiger partial charge in [-0.25, -0.2) is 8.42 Å². The molecule has 3 aromatic rings. The molecule has 0 bridgehead atoms. The van der Waals surface area contributed by atoms with Crippen molar-refractivity contribution in [2.45, 2.75) is 18.7 Å². The van der Waals surface area contributed by atoms with E-state index < -0.39 is 15.9 Å². The molecule has 9 heteroatoms. The molecule has 4 rings (SSSR count). The summed E-state index contributed by atoms with van der Waals surface area (Å²) in [5.74, 6) is 0.171. The van der Waals surface area contributed by atoms with Crippen molar-refractivity contribution in [3.8, 4) is 11.5 Å². The molecular weight excluding hydrogens is 418 g/mol. The number of amides is 2. The van der Waals surface area contributed by atoms with Crippen LogP contribution in [-0.2, 0) is 14.8 Å². The van der Waals surface area contributed by atoms with Crippen LogP contribution in [0.5, 0.6) is 11.5 Å². The fourth-order valence-corrected chi connectivity index (χ4v) is 4.18. The number of carbonyl (C=O) groups is 2. The number of carbonyl (C=O) groups excluding carboxylic acids is 2. The van der Waals surface area contributed by atoms with Gasteiger partial charge in [0, 0.05) is 18.3 Å². The van der Waals surface area contributed by atoms with E-state index in [4.69, 9.17) is 4.74 Å². The number of aryl methyl sites for hydroxylation is 1. The van der Waals surface area contributed by atoms with Crippen molar-refractivity contribution < 1.29 is 22.7 Å². The first-order chi connectivity index (χ1) is 14.7. The highest BCUT2D eigenvalue weighted by Crippen LogP contribution is 2.37. The van der Waals surface area contributed by atoms with Crippen LogP contribution in [0.25, 0.3) is 0 Å². The molecule has 0 fully saturated rings. The first-order valence-electron chi connectivity index (χ1n) is 9.36. The predicted octanol–water partition coefficient (Wildman–Crippen LogP) is 4.11. The first kappa shape index (κ1) is 20.4. The minimum Gasteiger partial charge on any atom is -0.454 e. The number of ether oxygens (including phenoxy) is 1. The van der Waals surface area contributed by atoms with Crippen LogP contribution < -0.4 is 20.1 Å². The van der Waals surface area contributed by atoms with Crippen molar-refractivity contribution in [3.63, 3.8) is 0 Å². The Kier molecular flexibility index (Phi) is 5.12. The van der Waals surface area contributed by atoms with Gasteiger partial charge in [-0.05, 0) is 67.1 Å². The summed E-state index contributed by atoms with van der Waals surface area (Å²) in [6.45, 7) is 3.27. The van der Waals surface area contributed by atoms with Crippen molar-refractivity contribution in [3.05, 3.63) is 71.8 Å². The zero-order valence-electron chi connectivity index (χ0n) is 16.7. The van der Waals surface area contributed by atoms with Crippen LogP contribution in [0.15, 0.2) is 65.6 Å². The van der Waals surface area contributed by atoms with E-state index in [1.807, 2.05) is 13.0 Å². The van der Waals surface area contributed by atoms with Crippen molar-refractivity contribution in [2.75, 3.05) is 15.4 Å². The van der Waals surface area contributed by atoms with Crippen molar-refractivity contribution >= 4 is 38.9 Å². The average Bonchev–Trinajstić information content (AvgIpc) is 2.83. The second-order valence-electron chi connectivity index (χ2n) is 7.08. The monoisotopic (exact) mass is 437 g/mol. The average molecular weight is 437 g/mol. The number of hydrogen-bond acceptors (Lipinski definition) is 5. The fraction of sp³-hybridized carbons (Fsp3) is 0.0909. The van der Waals surface area contributed by atoms with Gasteiger partial charge in [0.15, 0.2) is 5.75 Å². The van der Waals surface area contributed by atoms with E-state index >= 15 is 0 Å². The second kappa shape index (κ2) is 7.77. The smallest absolute Gasteiger partial charge is 0.261 e. The largest absolute Gasteiger partial charge is 0.454 e. The van der Waals surface area contributed by atoms with Crippen LogP contribution in [-0.4, -0.2) is 20.2 Å². The third-order valence-corrected chi connectivity index (χ3v) is 5.96. The maximum atomic E-state index is 12.7. The molecule has 1 heterocycles. The van der Waals surface area contributed by atoms with E-state index in [1.165, 1.54) is 43.3 Å². The van der Waals surface area contributed by atoms with Gasteiger partial charge in [-0.2, -0.15) is 0 Å². The standard InChI is InChI=1S/C22H19N3O5S/c1-13-3-9-21-19(11-13)24-22(27)18-12-16(6-10-20(18)30-21)25-31(28,29)17-7-4-15(5-8-17)23-14(2)26/h3-12,25H,1-2H3,(H,23,26)(H,24,27). The summed E-state index contributed by atoms with van der Waals surface area (Å²) in [5.41, 5.74) is 2.41. The normalized spacial score (nSPS) is 12.5. The summed E-state index contributed by atoms with van der Waals surface area (Å²) in [6.07, 6.45) is 0. The summed E-state index contributed by atoms with van der Waals surface area (Å²) in [6, 6.07) is 15.7. The highest BCUT2D eigenvalue weighted by molar-refractivity contribution is 7.92. The summed E-state index contributed by atoms with van der Waals surface area (Å²) < 4.78 is 33.8. The minimum atomic E-state index is -3.91. The number of rotatable bonds is 4. The van der Waals surface area contributed by atoms with Gasteiger partial charge in [-0.3, -0.25) is 14.3 Å². The molecule has 1 aliphatic rings. The summed E-state index contributed by atoms with van der Waals surface area (Å²) in [5, 5.41) is 5.36. The molecule has 3 aromatic carbocycles. The summed E-state index contributed by atoms with van der Waals surface area (Å²) >= 11 is 0.